The quantitative estimate of drug-likeness (QED) is 0.368. The number of ether oxygens (including phenoxy) is 1. The standard InChI is InChI=1S/C24H18F4N4O4S/c1-36-21-11-16(15-10-17(15)24(26,27)28)18(25)12-20(21)32-19-6-5-14(9-13(19)4-7-23(32)33)37(34,35)31-22-3-2-8-29-30-22/h2-9,11-12,15,17H,10H2,1H3,(H,30,31)/t15-,17+/m0/s1. The molecule has 0 aliphatic heterocycles. The molecule has 0 radical (unpaired) electrons. The fourth-order valence-corrected chi connectivity index (χ4v) is 5.31. The van der Waals surface area contributed by atoms with E-state index in [1.807, 2.05) is 0 Å². The van der Waals surface area contributed by atoms with E-state index in [9.17, 15) is 26.4 Å². The Balaban J connectivity index is 1.58. The smallest absolute Gasteiger partial charge is 0.392 e. The Labute approximate surface area is 207 Å². The summed E-state index contributed by atoms with van der Waals surface area (Å²) in [5, 5.41) is 7.63. The number of hydrogen-bond acceptors (Lipinski definition) is 6. The molecule has 4 aromatic rings. The minimum atomic E-state index is -4.43. The van der Waals surface area contributed by atoms with Gasteiger partial charge in [-0.05, 0) is 60.4 Å². The molecule has 192 valence electrons. The van der Waals surface area contributed by atoms with Crippen molar-refractivity contribution in [2.75, 3.05) is 11.8 Å². The Morgan fingerprint density at radius 2 is 1.89 bits per heavy atom. The van der Waals surface area contributed by atoms with Crippen LogP contribution in [-0.2, 0) is 10.0 Å². The van der Waals surface area contributed by atoms with Crippen molar-refractivity contribution in [3.63, 3.8) is 0 Å². The SMILES string of the molecule is COc1cc([C@@H]2C[C@H]2C(F)(F)F)c(F)cc1-n1c(=O)ccc2cc(S(=O)(=O)Nc3cccnn3)ccc21. The average molecular weight is 534 g/mol. The number of anilines is 1. The van der Waals surface area contributed by atoms with Crippen LogP contribution >= 0.6 is 0 Å². The molecule has 0 saturated heterocycles. The molecule has 8 nitrogen and oxygen atoms in total. The Morgan fingerprint density at radius 3 is 2.54 bits per heavy atom. The molecule has 1 fully saturated rings. The summed E-state index contributed by atoms with van der Waals surface area (Å²) >= 11 is 0. The Bertz CT molecular complexity index is 1670. The molecule has 0 bridgehead atoms. The first kappa shape index (κ1) is 24.7. The van der Waals surface area contributed by atoms with E-state index in [1.54, 1.807) is 0 Å². The monoisotopic (exact) mass is 534 g/mol. The Kier molecular flexibility index (Phi) is 5.89. The molecule has 0 amide bonds. The van der Waals surface area contributed by atoms with Crippen LogP contribution in [0.1, 0.15) is 17.9 Å². The van der Waals surface area contributed by atoms with E-state index in [4.69, 9.17) is 4.74 Å². The van der Waals surface area contributed by atoms with Gasteiger partial charge in [0.1, 0.15) is 11.6 Å². The third-order valence-electron chi connectivity index (χ3n) is 6.14. The molecule has 13 heteroatoms. The number of alkyl halides is 3. The molecule has 0 unspecified atom stereocenters. The molecule has 1 aliphatic carbocycles. The summed E-state index contributed by atoms with van der Waals surface area (Å²) < 4.78 is 88.5. The topological polar surface area (TPSA) is 103 Å². The van der Waals surface area contributed by atoms with E-state index >= 15 is 4.39 Å². The first-order valence-electron chi connectivity index (χ1n) is 10.9. The zero-order valence-electron chi connectivity index (χ0n) is 19.0. The maximum atomic E-state index is 15.0. The molecule has 2 heterocycles. The van der Waals surface area contributed by atoms with Gasteiger partial charge in [-0.15, -0.1) is 5.10 Å². The third kappa shape index (κ3) is 4.61. The van der Waals surface area contributed by atoms with Gasteiger partial charge in [0.2, 0.25) is 0 Å². The maximum Gasteiger partial charge on any atom is 0.392 e. The molecule has 2 atom stereocenters. The zero-order chi connectivity index (χ0) is 26.5. The second-order valence-corrected chi connectivity index (χ2v) is 10.2. The Morgan fingerprint density at radius 1 is 1.11 bits per heavy atom. The van der Waals surface area contributed by atoms with Crippen LogP contribution in [0.25, 0.3) is 16.6 Å². The molecule has 1 saturated carbocycles. The number of hydrogen-bond donors (Lipinski definition) is 1. The first-order valence-corrected chi connectivity index (χ1v) is 12.4. The van der Waals surface area contributed by atoms with Crippen LogP contribution in [-0.4, -0.2) is 36.5 Å². The van der Waals surface area contributed by atoms with E-state index in [0.29, 0.717) is 5.39 Å². The summed E-state index contributed by atoms with van der Waals surface area (Å²) in [6.07, 6.45) is -3.28. The number of nitrogens with zero attached hydrogens (tertiary/aromatic N) is 3. The lowest BCUT2D eigenvalue weighted by Gasteiger charge is -2.17. The molecule has 5 rings (SSSR count). The highest BCUT2D eigenvalue weighted by molar-refractivity contribution is 7.92. The number of benzene rings is 2. The Hall–Kier alpha value is -4.00. The van der Waals surface area contributed by atoms with Crippen molar-refractivity contribution >= 4 is 26.7 Å². The molecular formula is C24H18F4N4O4S. The highest BCUT2D eigenvalue weighted by Gasteiger charge is 2.57. The second kappa shape index (κ2) is 8.83. The summed E-state index contributed by atoms with van der Waals surface area (Å²) in [4.78, 5) is 12.7. The number of halogens is 4. The first-order chi connectivity index (χ1) is 17.5. The summed E-state index contributed by atoms with van der Waals surface area (Å²) in [7, 11) is -2.80. The fourth-order valence-electron chi connectivity index (χ4n) is 4.27. The van der Waals surface area contributed by atoms with Crippen LogP contribution in [0.4, 0.5) is 23.4 Å². The number of fused-ring (bicyclic) bond motifs is 1. The van der Waals surface area contributed by atoms with E-state index in [-0.39, 0.29) is 39.7 Å². The predicted octanol–water partition coefficient (Wildman–Crippen LogP) is 4.40. The van der Waals surface area contributed by atoms with Gasteiger partial charge in [0, 0.05) is 23.7 Å². The van der Waals surface area contributed by atoms with Crippen molar-refractivity contribution in [2.24, 2.45) is 5.92 Å². The van der Waals surface area contributed by atoms with E-state index in [0.717, 1.165) is 10.6 Å². The predicted molar refractivity (Wildman–Crippen MR) is 126 cm³/mol. The van der Waals surface area contributed by atoms with Crippen LogP contribution in [0, 0.1) is 11.7 Å². The number of pyridine rings is 1. The number of methoxy groups -OCH3 is 1. The zero-order valence-corrected chi connectivity index (χ0v) is 19.8. The average Bonchev–Trinajstić information content (AvgIpc) is 3.65. The highest BCUT2D eigenvalue weighted by Crippen LogP contribution is 2.57. The van der Waals surface area contributed by atoms with Crippen LogP contribution in [0.3, 0.4) is 0 Å². The molecular weight excluding hydrogens is 516 g/mol. The van der Waals surface area contributed by atoms with Gasteiger partial charge in [0.25, 0.3) is 15.6 Å². The van der Waals surface area contributed by atoms with E-state index in [2.05, 4.69) is 14.9 Å². The molecule has 2 aromatic carbocycles. The summed E-state index contributed by atoms with van der Waals surface area (Å²) in [6.45, 7) is 0. The second-order valence-electron chi connectivity index (χ2n) is 8.48. The number of sulfonamides is 1. The van der Waals surface area contributed by atoms with E-state index in [1.165, 1.54) is 61.8 Å². The van der Waals surface area contributed by atoms with E-state index < -0.39 is 39.4 Å². The normalized spacial score (nSPS) is 17.5. The molecule has 0 spiro atoms. The van der Waals surface area contributed by atoms with Crippen molar-refractivity contribution in [1.82, 2.24) is 14.8 Å². The van der Waals surface area contributed by atoms with Crippen molar-refractivity contribution in [3.05, 3.63) is 82.5 Å². The van der Waals surface area contributed by atoms with Gasteiger partial charge in [-0.25, -0.2) is 12.8 Å². The number of aromatic nitrogens is 3. The lowest BCUT2D eigenvalue weighted by molar-refractivity contribution is -0.148. The molecule has 1 aliphatic rings. The van der Waals surface area contributed by atoms with Gasteiger partial charge in [0.05, 0.1) is 29.1 Å². The van der Waals surface area contributed by atoms with Crippen LogP contribution < -0.4 is 15.0 Å². The largest absolute Gasteiger partial charge is 0.495 e. The van der Waals surface area contributed by atoms with Crippen LogP contribution in [0.2, 0.25) is 0 Å². The molecule has 2 aromatic heterocycles. The van der Waals surface area contributed by atoms with Gasteiger partial charge in [0.15, 0.2) is 5.82 Å². The van der Waals surface area contributed by atoms with Crippen LogP contribution in [0.5, 0.6) is 5.75 Å². The minimum absolute atomic E-state index is 0.000147. The maximum absolute atomic E-state index is 15.0. The minimum Gasteiger partial charge on any atom is -0.495 e. The molecule has 1 N–H and O–H groups in total. The van der Waals surface area contributed by atoms with Gasteiger partial charge >= 0.3 is 6.18 Å². The fraction of sp³-hybridized carbons (Fsp3) is 0.208. The summed E-state index contributed by atoms with van der Waals surface area (Å²) in [6, 6.07) is 11.6. The van der Waals surface area contributed by atoms with Crippen molar-refractivity contribution in [1.29, 1.82) is 0 Å². The third-order valence-corrected chi connectivity index (χ3v) is 7.49. The number of rotatable bonds is 6. The lowest BCUT2D eigenvalue weighted by Crippen LogP contribution is -2.19. The van der Waals surface area contributed by atoms with Crippen LogP contribution in [0.15, 0.2) is 70.5 Å². The van der Waals surface area contributed by atoms with Crippen molar-refractivity contribution < 1.29 is 30.7 Å². The molecule has 37 heavy (non-hydrogen) atoms. The lowest BCUT2D eigenvalue weighted by atomic mass is 10.1. The van der Waals surface area contributed by atoms with Gasteiger partial charge < -0.3 is 4.74 Å². The summed E-state index contributed by atoms with van der Waals surface area (Å²) in [5.74, 6) is -3.55. The van der Waals surface area contributed by atoms with Gasteiger partial charge in [-0.1, -0.05) is 0 Å². The van der Waals surface area contributed by atoms with Crippen molar-refractivity contribution in [3.8, 4) is 11.4 Å². The van der Waals surface area contributed by atoms with Gasteiger partial charge in [-0.2, -0.15) is 18.3 Å². The number of nitrogens with one attached hydrogen (secondary N) is 1. The summed E-state index contributed by atoms with van der Waals surface area (Å²) in [5.41, 5.74) is -0.515. The highest BCUT2D eigenvalue weighted by atomic mass is 32.2. The van der Waals surface area contributed by atoms with Gasteiger partial charge in [-0.3, -0.25) is 14.1 Å². The van der Waals surface area contributed by atoms with Crippen molar-refractivity contribution in [2.45, 2.75) is 23.4 Å².